The number of nitrogens with zero attached hydrogens (tertiary/aromatic N) is 4. The minimum absolute atomic E-state index is 0.0319. The largest absolute Gasteiger partial charge is 0.481 e. The van der Waals surface area contributed by atoms with Gasteiger partial charge in [-0.05, 0) is 32.1 Å². The molecule has 0 aromatic carbocycles. The van der Waals surface area contributed by atoms with Crippen molar-refractivity contribution in [3.63, 3.8) is 0 Å². The molecule has 1 saturated heterocycles. The minimum atomic E-state index is -0.822. The number of piperidine rings is 1. The van der Waals surface area contributed by atoms with Gasteiger partial charge < -0.3 is 10.0 Å². The Morgan fingerprint density at radius 1 is 1.47 bits per heavy atom. The molecule has 0 radical (unpaired) electrons. The van der Waals surface area contributed by atoms with Crippen molar-refractivity contribution in [1.29, 1.82) is 0 Å². The zero-order chi connectivity index (χ0) is 13.4. The normalized spacial score (nSPS) is 25.2. The second-order valence-electron chi connectivity index (χ2n) is 5.19. The first-order chi connectivity index (χ1) is 9.19. The molecule has 0 amide bonds. The molecule has 2 unspecified atom stereocenters. The Kier molecular flexibility index (Phi) is 3.38. The molecule has 1 aliphatic carbocycles. The minimum Gasteiger partial charge on any atom is -0.481 e. The third-order valence-corrected chi connectivity index (χ3v) is 4.96. The third kappa shape index (κ3) is 2.31. The molecule has 1 N–H and O–H groups in total. The number of carboxylic acid groups (broad SMARTS) is 1. The summed E-state index contributed by atoms with van der Waals surface area (Å²) in [5, 5.41) is 17.9. The maximum Gasteiger partial charge on any atom is 0.313 e. The molecule has 6 nitrogen and oxygen atoms in total. The predicted molar refractivity (Wildman–Crippen MR) is 72.5 cm³/mol. The lowest BCUT2D eigenvalue weighted by molar-refractivity contribution is -0.133. The molecule has 7 heteroatoms. The second kappa shape index (κ2) is 5.03. The first-order valence-corrected chi connectivity index (χ1v) is 7.72. The van der Waals surface area contributed by atoms with E-state index < -0.39 is 5.97 Å². The summed E-state index contributed by atoms with van der Waals surface area (Å²) in [6, 6.07) is 0.608. The van der Waals surface area contributed by atoms with Gasteiger partial charge in [0.25, 0.3) is 0 Å². The van der Waals surface area contributed by atoms with Gasteiger partial charge >= 0.3 is 5.97 Å². The number of thioether (sulfide) groups is 1. The van der Waals surface area contributed by atoms with E-state index in [-0.39, 0.29) is 5.75 Å². The number of carbonyl (C=O) groups is 1. The molecule has 2 bridgehead atoms. The molecular formula is C12H18N4O2S. The smallest absolute Gasteiger partial charge is 0.313 e. The van der Waals surface area contributed by atoms with E-state index in [4.69, 9.17) is 5.11 Å². The Morgan fingerprint density at radius 2 is 2.32 bits per heavy atom. The van der Waals surface area contributed by atoms with E-state index in [0.717, 1.165) is 25.0 Å². The summed E-state index contributed by atoms with van der Waals surface area (Å²) in [5.74, 6) is 0.937. The number of hydrogen-bond acceptors (Lipinski definition) is 5. The topological polar surface area (TPSA) is 71.2 Å². The molecule has 19 heavy (non-hydrogen) atoms. The van der Waals surface area contributed by atoms with E-state index in [1.54, 1.807) is 0 Å². The highest BCUT2D eigenvalue weighted by Gasteiger charge is 2.40. The van der Waals surface area contributed by atoms with Gasteiger partial charge in [-0.25, -0.2) is 0 Å². The summed E-state index contributed by atoms with van der Waals surface area (Å²) in [7, 11) is 0. The Bertz CT molecular complexity index is 490. The maximum absolute atomic E-state index is 10.7. The van der Waals surface area contributed by atoms with Crippen LogP contribution < -0.4 is 4.90 Å². The maximum atomic E-state index is 10.7. The van der Waals surface area contributed by atoms with E-state index in [1.807, 2.05) is 11.5 Å². The van der Waals surface area contributed by atoms with Crippen LogP contribution in [0.5, 0.6) is 0 Å². The SMILES string of the molecule is CCn1c(SCC(=O)O)nnc1N1CC2CCC1C2. The van der Waals surface area contributed by atoms with Crippen LogP contribution in [0.1, 0.15) is 26.2 Å². The lowest BCUT2D eigenvalue weighted by Gasteiger charge is -2.27. The van der Waals surface area contributed by atoms with Gasteiger partial charge in [-0.1, -0.05) is 11.8 Å². The predicted octanol–water partition coefficient (Wildman–Crippen LogP) is 1.46. The lowest BCUT2D eigenvalue weighted by Crippen LogP contribution is -2.34. The third-order valence-electron chi connectivity index (χ3n) is 4.00. The summed E-state index contributed by atoms with van der Waals surface area (Å²) in [5.41, 5.74) is 0. The fraction of sp³-hybridized carbons (Fsp3) is 0.750. The number of aromatic nitrogens is 3. The molecule has 1 saturated carbocycles. The van der Waals surface area contributed by atoms with Crippen molar-refractivity contribution in [2.24, 2.45) is 5.92 Å². The van der Waals surface area contributed by atoms with Gasteiger partial charge in [0.1, 0.15) is 0 Å². The summed E-state index contributed by atoms with van der Waals surface area (Å²) in [6.45, 7) is 3.90. The van der Waals surface area contributed by atoms with Crippen molar-refractivity contribution in [2.45, 2.75) is 43.9 Å². The highest BCUT2D eigenvalue weighted by Crippen LogP contribution is 2.40. The molecule has 1 aromatic rings. The molecule has 3 rings (SSSR count). The van der Waals surface area contributed by atoms with Crippen LogP contribution in [0.3, 0.4) is 0 Å². The highest BCUT2D eigenvalue weighted by atomic mass is 32.2. The average Bonchev–Trinajstić information content (AvgIpc) is 3.09. The molecule has 2 fully saturated rings. The van der Waals surface area contributed by atoms with Crippen molar-refractivity contribution in [2.75, 3.05) is 17.2 Å². The van der Waals surface area contributed by atoms with Crippen LogP contribution in [-0.2, 0) is 11.3 Å². The fourth-order valence-corrected chi connectivity index (χ4v) is 3.89. The van der Waals surface area contributed by atoms with Crippen molar-refractivity contribution in [1.82, 2.24) is 14.8 Å². The molecule has 2 atom stereocenters. The number of hydrogen-bond donors (Lipinski definition) is 1. The number of carboxylic acids is 1. The van der Waals surface area contributed by atoms with Crippen LogP contribution in [0.2, 0.25) is 0 Å². The van der Waals surface area contributed by atoms with Crippen molar-refractivity contribution < 1.29 is 9.90 Å². The Hall–Kier alpha value is -1.24. The van der Waals surface area contributed by atoms with E-state index in [9.17, 15) is 4.79 Å². The van der Waals surface area contributed by atoms with E-state index in [1.165, 1.54) is 31.0 Å². The zero-order valence-electron chi connectivity index (χ0n) is 10.9. The number of anilines is 1. The first-order valence-electron chi connectivity index (χ1n) is 6.73. The average molecular weight is 282 g/mol. The second-order valence-corrected chi connectivity index (χ2v) is 6.14. The van der Waals surface area contributed by atoms with Crippen LogP contribution in [0.4, 0.5) is 5.95 Å². The zero-order valence-corrected chi connectivity index (χ0v) is 11.8. The summed E-state index contributed by atoms with van der Waals surface area (Å²) < 4.78 is 2.04. The van der Waals surface area contributed by atoms with E-state index in [2.05, 4.69) is 15.1 Å². The van der Waals surface area contributed by atoms with Crippen LogP contribution in [-0.4, -0.2) is 44.2 Å². The van der Waals surface area contributed by atoms with Crippen LogP contribution in [0, 0.1) is 5.92 Å². The quantitative estimate of drug-likeness (QED) is 0.825. The van der Waals surface area contributed by atoms with Crippen molar-refractivity contribution >= 4 is 23.7 Å². The Labute approximate surface area is 116 Å². The van der Waals surface area contributed by atoms with Crippen LogP contribution in [0.25, 0.3) is 0 Å². The first kappa shape index (κ1) is 12.8. The van der Waals surface area contributed by atoms with Crippen molar-refractivity contribution in [3.8, 4) is 0 Å². The van der Waals surface area contributed by atoms with Crippen LogP contribution in [0.15, 0.2) is 5.16 Å². The summed E-state index contributed by atoms with van der Waals surface area (Å²) in [6.07, 6.45) is 3.86. The van der Waals surface area contributed by atoms with Crippen molar-refractivity contribution in [3.05, 3.63) is 0 Å². The monoisotopic (exact) mass is 282 g/mol. The van der Waals surface area contributed by atoms with Gasteiger partial charge in [0.05, 0.1) is 5.75 Å². The Balaban J connectivity index is 1.80. The van der Waals surface area contributed by atoms with E-state index >= 15 is 0 Å². The van der Waals surface area contributed by atoms with Gasteiger partial charge in [0.2, 0.25) is 5.95 Å². The molecule has 2 aliphatic rings. The molecule has 0 spiro atoms. The van der Waals surface area contributed by atoms with Gasteiger partial charge in [0.15, 0.2) is 5.16 Å². The number of rotatable bonds is 5. The molecule has 2 heterocycles. The Morgan fingerprint density at radius 3 is 2.89 bits per heavy atom. The highest BCUT2D eigenvalue weighted by molar-refractivity contribution is 7.99. The molecule has 104 valence electrons. The number of aliphatic carboxylic acids is 1. The summed E-state index contributed by atoms with van der Waals surface area (Å²) >= 11 is 1.24. The van der Waals surface area contributed by atoms with Gasteiger partial charge in [-0.2, -0.15) is 0 Å². The lowest BCUT2D eigenvalue weighted by atomic mass is 10.1. The standard InChI is InChI=1S/C12H18N4O2S/c1-2-15-11(13-14-12(15)19-7-10(17)18)16-6-8-3-4-9(16)5-8/h8-9H,2-7H2,1H3,(H,17,18). The molecule has 1 aromatic heterocycles. The van der Waals surface area contributed by atoms with E-state index in [0.29, 0.717) is 11.2 Å². The van der Waals surface area contributed by atoms with Crippen LogP contribution >= 0.6 is 11.8 Å². The fourth-order valence-electron chi connectivity index (χ4n) is 3.17. The molecular weight excluding hydrogens is 264 g/mol. The van der Waals surface area contributed by atoms with Gasteiger partial charge in [-0.15, -0.1) is 10.2 Å². The molecule has 1 aliphatic heterocycles. The van der Waals surface area contributed by atoms with Gasteiger partial charge in [0, 0.05) is 19.1 Å². The number of fused-ring (bicyclic) bond motifs is 2. The van der Waals surface area contributed by atoms with Gasteiger partial charge in [-0.3, -0.25) is 9.36 Å². The summed E-state index contributed by atoms with van der Waals surface area (Å²) in [4.78, 5) is 13.0.